The van der Waals surface area contributed by atoms with Gasteiger partial charge in [0, 0.05) is 37.2 Å². The molecule has 4 rings (SSSR count). The summed E-state index contributed by atoms with van der Waals surface area (Å²) in [5, 5.41) is 1.01. The van der Waals surface area contributed by atoms with Gasteiger partial charge in [-0.3, -0.25) is 9.78 Å². The van der Waals surface area contributed by atoms with E-state index in [1.807, 2.05) is 0 Å². The van der Waals surface area contributed by atoms with Gasteiger partial charge in [0.1, 0.15) is 5.56 Å². The van der Waals surface area contributed by atoms with Gasteiger partial charge in [-0.15, -0.1) is 6.42 Å². The van der Waals surface area contributed by atoms with Crippen molar-refractivity contribution in [1.82, 2.24) is 9.97 Å². The van der Waals surface area contributed by atoms with Crippen molar-refractivity contribution < 1.29 is 4.74 Å². The molecular weight excluding hydrogens is 314 g/mol. The zero-order chi connectivity index (χ0) is 17.6. The SMILES string of the molecule is C#Cc1c(N2CCC(C)(OC)CC2)c2cc(C3CC3)ncc2[nH]c1=O. The van der Waals surface area contributed by atoms with Crippen molar-refractivity contribution in [3.63, 3.8) is 0 Å². The monoisotopic (exact) mass is 337 g/mol. The number of pyridine rings is 2. The van der Waals surface area contributed by atoms with Gasteiger partial charge in [0.25, 0.3) is 5.56 Å². The first kappa shape index (κ1) is 16.2. The number of hydrogen-bond acceptors (Lipinski definition) is 4. The Morgan fingerprint density at radius 3 is 2.72 bits per heavy atom. The minimum absolute atomic E-state index is 0.107. The number of fused-ring (bicyclic) bond motifs is 1. The number of nitrogens with one attached hydrogen (secondary N) is 1. The van der Waals surface area contributed by atoms with Crippen molar-refractivity contribution in [1.29, 1.82) is 0 Å². The summed E-state index contributed by atoms with van der Waals surface area (Å²) in [6, 6.07) is 2.11. The van der Waals surface area contributed by atoms with E-state index >= 15 is 0 Å². The topological polar surface area (TPSA) is 58.2 Å². The zero-order valence-electron chi connectivity index (χ0n) is 14.8. The second kappa shape index (κ2) is 5.89. The zero-order valence-corrected chi connectivity index (χ0v) is 14.8. The van der Waals surface area contributed by atoms with E-state index in [0.29, 0.717) is 11.5 Å². The quantitative estimate of drug-likeness (QED) is 0.875. The summed E-state index contributed by atoms with van der Waals surface area (Å²) in [6.45, 7) is 3.77. The van der Waals surface area contributed by atoms with Crippen molar-refractivity contribution in [3.8, 4) is 12.3 Å². The number of rotatable bonds is 3. The molecular formula is C20H23N3O2. The molecule has 1 N–H and O–H groups in total. The lowest BCUT2D eigenvalue weighted by atomic mass is 9.92. The molecule has 1 aliphatic heterocycles. The highest BCUT2D eigenvalue weighted by atomic mass is 16.5. The van der Waals surface area contributed by atoms with E-state index in [1.165, 1.54) is 12.8 Å². The predicted octanol–water partition coefficient (Wildman–Crippen LogP) is 2.79. The van der Waals surface area contributed by atoms with Crippen LogP contribution in [0, 0.1) is 12.3 Å². The van der Waals surface area contributed by atoms with E-state index in [0.717, 1.165) is 48.2 Å². The lowest BCUT2D eigenvalue weighted by Crippen LogP contribution is -2.44. The summed E-state index contributed by atoms with van der Waals surface area (Å²) < 4.78 is 5.64. The lowest BCUT2D eigenvalue weighted by Gasteiger charge is -2.40. The van der Waals surface area contributed by atoms with E-state index in [4.69, 9.17) is 11.2 Å². The van der Waals surface area contributed by atoms with Crippen LogP contribution in [0.1, 0.15) is 49.8 Å². The summed E-state index contributed by atoms with van der Waals surface area (Å²) in [5.74, 6) is 3.17. The Labute approximate surface area is 147 Å². The first-order valence-corrected chi connectivity index (χ1v) is 8.87. The molecule has 1 aliphatic carbocycles. The third-order valence-corrected chi connectivity index (χ3v) is 5.66. The molecule has 0 unspecified atom stereocenters. The highest BCUT2D eigenvalue weighted by Crippen LogP contribution is 2.41. The summed E-state index contributed by atoms with van der Waals surface area (Å²) in [5.41, 5.74) is 2.83. The number of hydrogen-bond donors (Lipinski definition) is 1. The van der Waals surface area contributed by atoms with Crippen molar-refractivity contribution in [2.24, 2.45) is 0 Å². The molecule has 130 valence electrons. The molecule has 3 heterocycles. The fourth-order valence-electron chi connectivity index (χ4n) is 3.67. The fourth-order valence-corrected chi connectivity index (χ4v) is 3.67. The predicted molar refractivity (Wildman–Crippen MR) is 99.1 cm³/mol. The minimum atomic E-state index is -0.217. The number of piperidine rings is 1. The van der Waals surface area contributed by atoms with Crippen LogP contribution in [-0.4, -0.2) is 35.8 Å². The number of aromatic amines is 1. The van der Waals surface area contributed by atoms with Crippen LogP contribution in [0.3, 0.4) is 0 Å². The van der Waals surface area contributed by atoms with Gasteiger partial charge in [0.05, 0.1) is 23.0 Å². The standard InChI is InChI=1S/C20H23N3O2/c1-4-14-18(23-9-7-20(2,25-3)8-10-23)15-11-16(13-5-6-13)21-12-17(15)22-19(14)24/h1,11-13H,5-10H2,2-3H3,(H,22,24). The minimum Gasteiger partial charge on any atom is -0.378 e. The van der Waals surface area contributed by atoms with E-state index in [2.05, 4.69) is 33.8 Å². The maximum atomic E-state index is 12.5. The highest BCUT2D eigenvalue weighted by Gasteiger charge is 2.32. The molecule has 5 heteroatoms. The number of terminal acetylenes is 1. The van der Waals surface area contributed by atoms with Crippen molar-refractivity contribution in [2.45, 2.75) is 44.1 Å². The van der Waals surface area contributed by atoms with Gasteiger partial charge in [0.2, 0.25) is 0 Å². The van der Waals surface area contributed by atoms with Crippen LogP contribution in [0.25, 0.3) is 10.9 Å². The van der Waals surface area contributed by atoms with Gasteiger partial charge in [-0.2, -0.15) is 0 Å². The van der Waals surface area contributed by atoms with Crippen molar-refractivity contribution in [2.75, 3.05) is 25.1 Å². The van der Waals surface area contributed by atoms with E-state index in [-0.39, 0.29) is 11.2 Å². The highest BCUT2D eigenvalue weighted by molar-refractivity contribution is 5.94. The Morgan fingerprint density at radius 2 is 2.12 bits per heavy atom. The average molecular weight is 337 g/mol. The summed E-state index contributed by atoms with van der Waals surface area (Å²) in [7, 11) is 1.76. The Morgan fingerprint density at radius 1 is 1.40 bits per heavy atom. The number of ether oxygens (including phenoxy) is 1. The van der Waals surface area contributed by atoms with Crippen LogP contribution >= 0.6 is 0 Å². The van der Waals surface area contributed by atoms with E-state index in [9.17, 15) is 4.79 Å². The Kier molecular flexibility index (Phi) is 3.81. The number of anilines is 1. The second-order valence-corrected chi connectivity index (χ2v) is 7.39. The summed E-state index contributed by atoms with van der Waals surface area (Å²) in [4.78, 5) is 22.1. The van der Waals surface area contributed by atoms with Gasteiger partial charge in [0.15, 0.2) is 0 Å². The average Bonchev–Trinajstić information content (AvgIpc) is 3.46. The second-order valence-electron chi connectivity index (χ2n) is 7.39. The van der Waals surface area contributed by atoms with Crippen LogP contribution in [0.4, 0.5) is 5.69 Å². The molecule has 2 aromatic rings. The number of methoxy groups -OCH3 is 1. The van der Waals surface area contributed by atoms with E-state index in [1.54, 1.807) is 13.3 Å². The van der Waals surface area contributed by atoms with Crippen LogP contribution in [-0.2, 0) is 4.74 Å². The molecule has 2 aliphatic rings. The Balaban J connectivity index is 1.84. The first-order chi connectivity index (χ1) is 12.0. The maximum Gasteiger partial charge on any atom is 0.266 e. The molecule has 1 saturated heterocycles. The van der Waals surface area contributed by atoms with Gasteiger partial charge < -0.3 is 14.6 Å². The van der Waals surface area contributed by atoms with Crippen LogP contribution in [0.5, 0.6) is 0 Å². The molecule has 5 nitrogen and oxygen atoms in total. The largest absolute Gasteiger partial charge is 0.378 e. The van der Waals surface area contributed by atoms with Crippen molar-refractivity contribution in [3.05, 3.63) is 33.9 Å². The van der Waals surface area contributed by atoms with Crippen molar-refractivity contribution >= 4 is 16.6 Å². The van der Waals surface area contributed by atoms with Gasteiger partial charge >= 0.3 is 0 Å². The molecule has 2 fully saturated rings. The Bertz CT molecular complexity index is 913. The molecule has 1 saturated carbocycles. The fraction of sp³-hybridized carbons (Fsp3) is 0.500. The van der Waals surface area contributed by atoms with E-state index < -0.39 is 0 Å². The van der Waals surface area contributed by atoms with Gasteiger partial charge in [-0.25, -0.2) is 0 Å². The molecule has 0 atom stereocenters. The van der Waals surface area contributed by atoms with Crippen LogP contribution in [0.15, 0.2) is 17.1 Å². The molecule has 0 spiro atoms. The molecule has 25 heavy (non-hydrogen) atoms. The Hall–Kier alpha value is -2.32. The lowest BCUT2D eigenvalue weighted by molar-refractivity contribution is -0.0132. The molecule has 2 aromatic heterocycles. The van der Waals surface area contributed by atoms with Crippen LogP contribution < -0.4 is 10.5 Å². The van der Waals surface area contributed by atoms with Gasteiger partial charge in [-0.05, 0) is 38.7 Å². The normalized spacial score (nSPS) is 19.8. The number of nitrogens with zero attached hydrogens (tertiary/aromatic N) is 2. The molecule has 0 bridgehead atoms. The summed E-state index contributed by atoms with van der Waals surface area (Å²) in [6.07, 6.45) is 11.7. The molecule has 0 radical (unpaired) electrons. The third kappa shape index (κ3) is 2.81. The first-order valence-electron chi connectivity index (χ1n) is 8.87. The smallest absolute Gasteiger partial charge is 0.266 e. The number of H-pyrrole nitrogens is 1. The molecule has 0 amide bonds. The maximum absolute atomic E-state index is 12.5. The molecule has 0 aromatic carbocycles. The van der Waals surface area contributed by atoms with Gasteiger partial charge in [-0.1, -0.05) is 5.92 Å². The number of aromatic nitrogens is 2. The summed E-state index contributed by atoms with van der Waals surface area (Å²) >= 11 is 0. The van der Waals surface area contributed by atoms with Crippen LogP contribution in [0.2, 0.25) is 0 Å². The third-order valence-electron chi connectivity index (χ3n) is 5.66.